The van der Waals surface area contributed by atoms with Gasteiger partial charge in [-0.15, -0.1) is 0 Å². The summed E-state index contributed by atoms with van der Waals surface area (Å²) in [6.45, 7) is 3.32. The third-order valence-corrected chi connectivity index (χ3v) is 3.33. The van der Waals surface area contributed by atoms with Crippen molar-refractivity contribution in [1.82, 2.24) is 0 Å². The lowest BCUT2D eigenvalue weighted by Crippen LogP contribution is -2.30. The Kier molecular flexibility index (Phi) is 5.52. The normalized spacial score (nSPS) is 11.5. The summed E-state index contributed by atoms with van der Waals surface area (Å²) in [4.78, 5) is 24.1. The largest absolute Gasteiger partial charge is 0.497 e. The zero-order valence-electron chi connectivity index (χ0n) is 13.6. The average molecular weight is 331 g/mol. The monoisotopic (exact) mass is 331 g/mol. The molecule has 2 rings (SSSR count). The maximum absolute atomic E-state index is 13.8. The van der Waals surface area contributed by atoms with E-state index in [0.717, 1.165) is 11.6 Å². The molecule has 0 spiro atoms. The number of benzene rings is 2. The summed E-state index contributed by atoms with van der Waals surface area (Å²) in [5.41, 5.74) is 1.32. The van der Waals surface area contributed by atoms with Crippen molar-refractivity contribution in [3.05, 3.63) is 59.4 Å². The van der Waals surface area contributed by atoms with E-state index in [-0.39, 0.29) is 11.3 Å². The second kappa shape index (κ2) is 7.59. The number of hydrogen-bond acceptors (Lipinski definition) is 4. The molecule has 0 saturated carbocycles. The summed E-state index contributed by atoms with van der Waals surface area (Å²) >= 11 is 0. The van der Waals surface area contributed by atoms with E-state index in [1.54, 1.807) is 18.2 Å². The van der Waals surface area contributed by atoms with E-state index in [1.807, 2.05) is 13.0 Å². The second-order valence-corrected chi connectivity index (χ2v) is 5.25. The van der Waals surface area contributed by atoms with Crippen molar-refractivity contribution in [2.75, 3.05) is 12.4 Å². The summed E-state index contributed by atoms with van der Waals surface area (Å²) in [6.07, 6.45) is -1.07. The Morgan fingerprint density at radius 2 is 1.92 bits per heavy atom. The molecule has 0 fully saturated rings. The highest BCUT2D eigenvalue weighted by molar-refractivity contribution is 5.97. The van der Waals surface area contributed by atoms with Crippen LogP contribution >= 0.6 is 0 Å². The van der Waals surface area contributed by atoms with E-state index in [9.17, 15) is 14.0 Å². The molecule has 6 heteroatoms. The van der Waals surface area contributed by atoms with Gasteiger partial charge in [0, 0.05) is 11.8 Å². The lowest BCUT2D eigenvalue weighted by molar-refractivity contribution is -0.123. The van der Waals surface area contributed by atoms with Crippen molar-refractivity contribution in [3.8, 4) is 5.75 Å². The van der Waals surface area contributed by atoms with Gasteiger partial charge in [0.15, 0.2) is 6.10 Å². The zero-order valence-corrected chi connectivity index (χ0v) is 13.6. The van der Waals surface area contributed by atoms with Crippen molar-refractivity contribution in [2.45, 2.75) is 20.0 Å². The summed E-state index contributed by atoms with van der Waals surface area (Å²) in [5, 5.41) is 2.64. The number of anilines is 1. The number of amides is 1. The number of carbonyl (C=O) groups excluding carboxylic acids is 2. The molecule has 0 unspecified atom stereocenters. The quantitative estimate of drug-likeness (QED) is 0.854. The van der Waals surface area contributed by atoms with E-state index in [4.69, 9.17) is 9.47 Å². The third-order valence-electron chi connectivity index (χ3n) is 3.33. The van der Waals surface area contributed by atoms with E-state index in [2.05, 4.69) is 5.32 Å². The minimum Gasteiger partial charge on any atom is -0.497 e. The second-order valence-electron chi connectivity index (χ2n) is 5.25. The number of methoxy groups -OCH3 is 1. The molecule has 0 bridgehead atoms. The van der Waals surface area contributed by atoms with Crippen LogP contribution in [0.25, 0.3) is 0 Å². The van der Waals surface area contributed by atoms with E-state index >= 15 is 0 Å². The first-order valence-electron chi connectivity index (χ1n) is 7.32. The third kappa shape index (κ3) is 4.32. The van der Waals surface area contributed by atoms with Gasteiger partial charge in [0.05, 0.1) is 12.7 Å². The smallest absolute Gasteiger partial charge is 0.341 e. The average Bonchev–Trinajstić information content (AvgIpc) is 2.54. The molecule has 1 N–H and O–H groups in total. The molecule has 0 aromatic heterocycles. The van der Waals surface area contributed by atoms with Crippen LogP contribution in [0.15, 0.2) is 42.5 Å². The number of carbonyl (C=O) groups is 2. The maximum atomic E-state index is 13.8. The number of nitrogens with one attached hydrogen (secondary N) is 1. The number of aryl methyl sites for hydroxylation is 1. The Hall–Kier alpha value is -2.89. The summed E-state index contributed by atoms with van der Waals surface area (Å²) in [7, 11) is 1.39. The molecular formula is C18H18FNO4. The Morgan fingerprint density at radius 1 is 1.17 bits per heavy atom. The topological polar surface area (TPSA) is 64.6 Å². The van der Waals surface area contributed by atoms with Gasteiger partial charge in [-0.2, -0.15) is 0 Å². The Labute approximate surface area is 139 Å². The molecule has 2 aromatic carbocycles. The Bertz CT molecular complexity index is 760. The summed E-state index contributed by atoms with van der Waals surface area (Å²) < 4.78 is 23.7. The van der Waals surface area contributed by atoms with Crippen LogP contribution in [0.4, 0.5) is 10.1 Å². The van der Waals surface area contributed by atoms with Crippen molar-refractivity contribution >= 4 is 17.6 Å². The molecule has 0 radical (unpaired) electrons. The standard InChI is InChI=1S/C18H18FNO4/c1-11-5-4-6-13(9-11)20-17(21)12(2)24-18(22)15-8-7-14(23-3)10-16(15)19/h4-10,12H,1-3H3,(H,20,21)/t12-/m0/s1. The molecular weight excluding hydrogens is 313 g/mol. The number of ether oxygens (including phenoxy) is 2. The van der Waals surface area contributed by atoms with E-state index in [0.29, 0.717) is 5.69 Å². The predicted octanol–water partition coefficient (Wildman–Crippen LogP) is 3.33. The van der Waals surface area contributed by atoms with Gasteiger partial charge in [-0.25, -0.2) is 9.18 Å². The minimum absolute atomic E-state index is 0.258. The molecule has 1 atom stereocenters. The van der Waals surface area contributed by atoms with Crippen LogP contribution in [0, 0.1) is 12.7 Å². The SMILES string of the molecule is COc1ccc(C(=O)O[C@@H](C)C(=O)Nc2cccc(C)c2)c(F)c1. The van der Waals surface area contributed by atoms with Crippen molar-refractivity contribution in [3.63, 3.8) is 0 Å². The molecule has 0 aliphatic rings. The van der Waals surface area contributed by atoms with E-state index in [1.165, 1.54) is 26.2 Å². The van der Waals surface area contributed by atoms with Gasteiger partial charge in [0.25, 0.3) is 5.91 Å². The molecule has 0 aliphatic heterocycles. The van der Waals surface area contributed by atoms with Crippen LogP contribution in [0.2, 0.25) is 0 Å². The first-order valence-corrected chi connectivity index (χ1v) is 7.32. The fraction of sp³-hybridized carbons (Fsp3) is 0.222. The highest BCUT2D eigenvalue weighted by Gasteiger charge is 2.21. The van der Waals surface area contributed by atoms with Crippen LogP contribution in [-0.4, -0.2) is 25.1 Å². The first-order chi connectivity index (χ1) is 11.4. The minimum atomic E-state index is -1.07. The summed E-state index contributed by atoms with van der Waals surface area (Å²) in [5.74, 6) is -1.90. The highest BCUT2D eigenvalue weighted by atomic mass is 19.1. The van der Waals surface area contributed by atoms with E-state index < -0.39 is 23.8 Å². The number of hydrogen-bond donors (Lipinski definition) is 1. The molecule has 0 heterocycles. The molecule has 5 nitrogen and oxygen atoms in total. The molecule has 24 heavy (non-hydrogen) atoms. The highest BCUT2D eigenvalue weighted by Crippen LogP contribution is 2.18. The molecule has 0 saturated heterocycles. The zero-order chi connectivity index (χ0) is 17.7. The lowest BCUT2D eigenvalue weighted by Gasteiger charge is -2.14. The maximum Gasteiger partial charge on any atom is 0.341 e. The lowest BCUT2D eigenvalue weighted by atomic mass is 10.2. The molecule has 1 amide bonds. The number of halogens is 1. The van der Waals surface area contributed by atoms with Gasteiger partial charge < -0.3 is 14.8 Å². The van der Waals surface area contributed by atoms with Crippen LogP contribution in [0.3, 0.4) is 0 Å². The Morgan fingerprint density at radius 3 is 2.54 bits per heavy atom. The van der Waals surface area contributed by atoms with Crippen LogP contribution in [0.5, 0.6) is 5.75 Å². The Balaban J connectivity index is 2.01. The number of rotatable bonds is 5. The van der Waals surface area contributed by atoms with Gasteiger partial charge in [0.2, 0.25) is 0 Å². The van der Waals surface area contributed by atoms with Gasteiger partial charge >= 0.3 is 5.97 Å². The summed E-state index contributed by atoms with van der Waals surface area (Å²) in [6, 6.07) is 11.0. The molecule has 126 valence electrons. The van der Waals surface area contributed by atoms with Gasteiger partial charge in [-0.1, -0.05) is 12.1 Å². The van der Waals surface area contributed by atoms with Crippen molar-refractivity contribution in [2.24, 2.45) is 0 Å². The predicted molar refractivity (Wildman–Crippen MR) is 87.6 cm³/mol. The van der Waals surface area contributed by atoms with Crippen LogP contribution in [0.1, 0.15) is 22.8 Å². The fourth-order valence-corrected chi connectivity index (χ4v) is 2.03. The fourth-order valence-electron chi connectivity index (χ4n) is 2.03. The van der Waals surface area contributed by atoms with Crippen LogP contribution in [-0.2, 0) is 9.53 Å². The van der Waals surface area contributed by atoms with Gasteiger partial charge in [-0.3, -0.25) is 4.79 Å². The first kappa shape index (κ1) is 17.5. The van der Waals surface area contributed by atoms with Crippen molar-refractivity contribution < 1.29 is 23.5 Å². The molecule has 0 aliphatic carbocycles. The molecule has 2 aromatic rings. The van der Waals surface area contributed by atoms with Gasteiger partial charge in [0.1, 0.15) is 11.6 Å². The van der Waals surface area contributed by atoms with Crippen LogP contribution < -0.4 is 10.1 Å². The number of esters is 1. The van der Waals surface area contributed by atoms with Crippen molar-refractivity contribution in [1.29, 1.82) is 0 Å². The van der Waals surface area contributed by atoms with Gasteiger partial charge in [-0.05, 0) is 43.7 Å².